The third kappa shape index (κ3) is 9.58. The minimum absolute atomic E-state index is 0.0881. The molecule has 6 aromatic carbocycles. The maximum Gasteiger partial charge on any atom is 0.0344 e. The highest BCUT2D eigenvalue weighted by atomic mass is 31.1. The van der Waals surface area contributed by atoms with Crippen LogP contribution in [-0.2, 0) is 15.5 Å². The van der Waals surface area contributed by atoms with Gasteiger partial charge in [0.05, 0.1) is 0 Å². The van der Waals surface area contributed by atoms with E-state index in [2.05, 4.69) is 210 Å². The molecule has 0 nitrogen and oxygen atoms in total. The Balaban J connectivity index is 1.21. The van der Waals surface area contributed by atoms with Crippen molar-refractivity contribution in [1.82, 2.24) is 0 Å². The van der Waals surface area contributed by atoms with Crippen LogP contribution in [0.3, 0.4) is 0 Å². The molecule has 0 amide bonds. The zero-order valence-corrected chi connectivity index (χ0v) is 34.7. The smallest absolute Gasteiger partial charge is 0.0344 e. The molecule has 0 N–H and O–H groups in total. The highest BCUT2D eigenvalue weighted by Crippen LogP contribution is 2.50. The lowest BCUT2D eigenvalue weighted by Gasteiger charge is -2.34. The second-order valence-corrected chi connectivity index (χ2v) is 19.9. The Labute approximate surface area is 322 Å². The van der Waals surface area contributed by atoms with Gasteiger partial charge in [-0.15, -0.1) is 35.6 Å². The largest absolute Gasteiger partial charge is 0.122 e. The summed E-state index contributed by atoms with van der Waals surface area (Å²) in [5, 5.41) is -0.264. The molecule has 0 aliphatic heterocycles. The van der Waals surface area contributed by atoms with E-state index in [1.807, 2.05) is 0 Å². The lowest BCUT2D eigenvalue weighted by atomic mass is 9.86. The number of hydrogen-bond acceptors (Lipinski definition) is 0. The molecule has 0 heterocycles. The van der Waals surface area contributed by atoms with Crippen molar-refractivity contribution in [3.8, 4) is 0 Å². The highest BCUT2D eigenvalue weighted by molar-refractivity contribution is 7.57. The summed E-state index contributed by atoms with van der Waals surface area (Å²) >= 11 is 0. The van der Waals surface area contributed by atoms with E-state index >= 15 is 0 Å². The summed E-state index contributed by atoms with van der Waals surface area (Å²) in [6, 6.07) is 66.7. The number of rotatable bonds is 18. The molecule has 0 saturated heterocycles. The van der Waals surface area contributed by atoms with E-state index in [9.17, 15) is 0 Å². The molecule has 0 bridgehead atoms. The van der Waals surface area contributed by atoms with Gasteiger partial charge in [0.15, 0.2) is 0 Å². The molecular formula is C48H54P4. The minimum atomic E-state index is -0.161. The van der Waals surface area contributed by atoms with Gasteiger partial charge in [-0.2, -0.15) is 0 Å². The molecule has 3 atom stereocenters. The number of hydrogen-bond donors (Lipinski definition) is 0. The van der Waals surface area contributed by atoms with E-state index in [1.54, 1.807) is 0 Å². The van der Waals surface area contributed by atoms with Gasteiger partial charge in [0.2, 0.25) is 0 Å². The Hall–Kier alpha value is -2.96. The molecule has 4 heteroatoms. The van der Waals surface area contributed by atoms with Crippen molar-refractivity contribution in [1.29, 1.82) is 0 Å². The fourth-order valence-corrected chi connectivity index (χ4v) is 12.1. The van der Waals surface area contributed by atoms with Crippen LogP contribution in [0, 0.1) is 0 Å². The molecule has 52 heavy (non-hydrogen) atoms. The van der Waals surface area contributed by atoms with Gasteiger partial charge in [0.25, 0.3) is 0 Å². The van der Waals surface area contributed by atoms with Gasteiger partial charge < -0.3 is 0 Å². The van der Waals surface area contributed by atoms with Crippen molar-refractivity contribution in [2.24, 2.45) is 0 Å². The quantitative estimate of drug-likeness (QED) is 0.0767. The number of benzene rings is 6. The third-order valence-electron chi connectivity index (χ3n) is 10.9. The summed E-state index contributed by atoms with van der Waals surface area (Å²) in [7, 11) is 9.70. The maximum atomic E-state index is 3.29. The van der Waals surface area contributed by atoms with Crippen LogP contribution in [-0.4, -0.2) is 18.5 Å². The molecule has 0 saturated carbocycles. The second kappa shape index (κ2) is 18.9. The zero-order valence-electron chi connectivity index (χ0n) is 30.4. The Morgan fingerprint density at radius 2 is 0.462 bits per heavy atom. The van der Waals surface area contributed by atoms with E-state index < -0.39 is 0 Å². The summed E-state index contributed by atoms with van der Waals surface area (Å²) in [6.07, 6.45) is 10.9. The van der Waals surface area contributed by atoms with Crippen LogP contribution in [0.5, 0.6) is 0 Å². The Morgan fingerprint density at radius 1 is 0.288 bits per heavy atom. The summed E-state index contributed by atoms with van der Waals surface area (Å²) < 4.78 is 0. The molecule has 3 unspecified atom stereocenters. The van der Waals surface area contributed by atoms with Crippen LogP contribution in [0.25, 0.3) is 0 Å². The van der Waals surface area contributed by atoms with Crippen LogP contribution in [0.15, 0.2) is 182 Å². The van der Waals surface area contributed by atoms with Crippen LogP contribution in [0.2, 0.25) is 0 Å². The van der Waals surface area contributed by atoms with Gasteiger partial charge in [-0.3, -0.25) is 0 Å². The van der Waals surface area contributed by atoms with E-state index in [1.165, 1.54) is 71.1 Å². The van der Waals surface area contributed by atoms with Gasteiger partial charge >= 0.3 is 0 Å². The highest BCUT2D eigenvalue weighted by Gasteiger charge is 2.32. The normalized spacial score (nSPS) is 12.2. The van der Waals surface area contributed by atoms with Gasteiger partial charge in [-0.1, -0.05) is 182 Å². The van der Waals surface area contributed by atoms with E-state index in [-0.39, 0.29) is 23.4 Å². The molecule has 0 aliphatic rings. The SMILES string of the molecule is PC(CCCP(CCCC(P)(c1ccccc1)c1ccccc1)CCCC(P)(c1ccccc1)c1ccccc1)(c1ccccc1)c1ccccc1. The summed E-state index contributed by atoms with van der Waals surface area (Å²) in [5.41, 5.74) is 8.29. The molecule has 0 fully saturated rings. The lowest BCUT2D eigenvalue weighted by molar-refractivity contribution is 0.633. The summed E-state index contributed by atoms with van der Waals surface area (Å²) in [5.74, 6) is 0. The average molecular weight is 755 g/mol. The fourth-order valence-electron chi connectivity index (χ4n) is 7.86. The predicted octanol–water partition coefficient (Wildman–Crippen LogP) is 13.3. The van der Waals surface area contributed by atoms with Gasteiger partial charge in [0.1, 0.15) is 0 Å². The van der Waals surface area contributed by atoms with E-state index in [4.69, 9.17) is 0 Å². The van der Waals surface area contributed by atoms with Crippen LogP contribution in [0.4, 0.5) is 0 Å². The molecule has 0 aliphatic carbocycles. The van der Waals surface area contributed by atoms with Crippen molar-refractivity contribution >= 4 is 35.6 Å². The Morgan fingerprint density at radius 3 is 0.635 bits per heavy atom. The zero-order chi connectivity index (χ0) is 36.1. The van der Waals surface area contributed by atoms with Crippen molar-refractivity contribution in [3.05, 3.63) is 215 Å². The van der Waals surface area contributed by atoms with E-state index in [0.29, 0.717) is 0 Å². The Kier molecular flexibility index (Phi) is 14.1. The first kappa shape index (κ1) is 38.8. The van der Waals surface area contributed by atoms with Crippen LogP contribution >= 0.6 is 35.6 Å². The van der Waals surface area contributed by atoms with Gasteiger partial charge in [0, 0.05) is 15.5 Å². The second-order valence-electron chi connectivity index (χ2n) is 14.3. The molecular weight excluding hydrogens is 700 g/mol. The minimum Gasteiger partial charge on any atom is -0.122 e. The van der Waals surface area contributed by atoms with E-state index in [0.717, 1.165) is 19.3 Å². The van der Waals surface area contributed by atoms with Crippen molar-refractivity contribution < 1.29 is 0 Å². The molecule has 0 aromatic heterocycles. The predicted molar refractivity (Wildman–Crippen MR) is 239 cm³/mol. The first-order valence-corrected chi connectivity index (χ1v) is 22.5. The summed E-state index contributed by atoms with van der Waals surface area (Å²) in [6.45, 7) is 0. The Bertz CT molecular complexity index is 1540. The first-order valence-electron chi connectivity index (χ1n) is 18.8. The molecule has 6 rings (SSSR count). The lowest BCUT2D eigenvalue weighted by Crippen LogP contribution is -2.21. The van der Waals surface area contributed by atoms with Crippen molar-refractivity contribution in [2.45, 2.75) is 54.0 Å². The third-order valence-corrected chi connectivity index (χ3v) is 16.6. The fraction of sp³-hybridized carbons (Fsp3) is 0.250. The van der Waals surface area contributed by atoms with Gasteiger partial charge in [-0.05, 0) is 90.4 Å². The average Bonchev–Trinajstić information content (AvgIpc) is 3.22. The monoisotopic (exact) mass is 754 g/mol. The molecule has 266 valence electrons. The molecule has 6 aromatic rings. The van der Waals surface area contributed by atoms with Crippen LogP contribution < -0.4 is 0 Å². The van der Waals surface area contributed by atoms with Gasteiger partial charge in [-0.25, -0.2) is 0 Å². The standard InChI is InChI=1S/C48H54P4/c49-46(40-22-7-1-8-23-40,41-24-9-2-10-25-41)34-19-37-52(38-20-35-47(50,42-26-11-3-12-27-42)43-28-13-4-14-29-43)39-21-36-48(51,44-30-15-5-16-31-44)45-32-17-6-18-33-45/h1-18,22-33H,19-21,34-39,49-51H2. The topological polar surface area (TPSA) is 0 Å². The summed E-state index contributed by atoms with van der Waals surface area (Å²) in [4.78, 5) is 0. The van der Waals surface area contributed by atoms with Crippen molar-refractivity contribution in [2.75, 3.05) is 18.5 Å². The maximum absolute atomic E-state index is 3.29. The molecule has 0 radical (unpaired) electrons. The van der Waals surface area contributed by atoms with Crippen LogP contribution in [0.1, 0.15) is 71.9 Å². The first-order chi connectivity index (χ1) is 25.4. The molecule has 0 spiro atoms. The van der Waals surface area contributed by atoms with Crippen molar-refractivity contribution in [3.63, 3.8) is 0 Å².